The third-order valence-corrected chi connectivity index (χ3v) is 3.39. The first kappa shape index (κ1) is 11.8. The van der Waals surface area contributed by atoms with Gasteiger partial charge in [-0.25, -0.2) is 0 Å². The summed E-state index contributed by atoms with van der Waals surface area (Å²) in [6, 6.07) is 8.28. The summed E-state index contributed by atoms with van der Waals surface area (Å²) < 4.78 is 1.22. The van der Waals surface area contributed by atoms with E-state index in [1.807, 2.05) is 0 Å². The van der Waals surface area contributed by atoms with Gasteiger partial charge in [-0.05, 0) is 40.3 Å². The van der Waals surface area contributed by atoms with E-state index in [4.69, 9.17) is 5.11 Å². The molecule has 1 rings (SSSR count). The number of benzene rings is 1. The van der Waals surface area contributed by atoms with E-state index in [2.05, 4.69) is 46.9 Å². The Morgan fingerprint density at radius 2 is 2.00 bits per heavy atom. The van der Waals surface area contributed by atoms with Gasteiger partial charge in [0.1, 0.15) is 0 Å². The molecule has 0 saturated heterocycles. The molecule has 0 fully saturated rings. The molecule has 0 atom stereocenters. The number of thioether (sulfide) groups is 1. The van der Waals surface area contributed by atoms with Crippen LogP contribution >= 0.6 is 34.4 Å². The highest BCUT2D eigenvalue weighted by Crippen LogP contribution is 2.14. The SMILES string of the molecule is O=C(O)CCSCc1ccc(I)cc1. The van der Waals surface area contributed by atoms with Crippen LogP contribution in [0.4, 0.5) is 0 Å². The van der Waals surface area contributed by atoms with Crippen molar-refractivity contribution in [2.75, 3.05) is 5.75 Å². The molecule has 1 aromatic rings. The topological polar surface area (TPSA) is 37.3 Å². The van der Waals surface area contributed by atoms with Gasteiger partial charge in [-0.15, -0.1) is 0 Å². The normalized spacial score (nSPS) is 10.1. The molecule has 0 radical (unpaired) electrons. The Labute approximate surface area is 101 Å². The molecule has 0 amide bonds. The summed E-state index contributed by atoms with van der Waals surface area (Å²) in [5, 5.41) is 8.43. The van der Waals surface area contributed by atoms with Crippen LogP contribution in [0.3, 0.4) is 0 Å². The van der Waals surface area contributed by atoms with E-state index in [-0.39, 0.29) is 6.42 Å². The number of carboxylic acid groups (broad SMARTS) is 1. The summed E-state index contributed by atoms with van der Waals surface area (Å²) in [5.74, 6) is 0.853. The van der Waals surface area contributed by atoms with E-state index in [9.17, 15) is 4.79 Å². The zero-order valence-electron chi connectivity index (χ0n) is 7.57. The maximum Gasteiger partial charge on any atom is 0.304 e. The minimum absolute atomic E-state index is 0.245. The van der Waals surface area contributed by atoms with Crippen LogP contribution in [0.1, 0.15) is 12.0 Å². The van der Waals surface area contributed by atoms with Crippen molar-refractivity contribution in [1.29, 1.82) is 0 Å². The van der Waals surface area contributed by atoms with Gasteiger partial charge < -0.3 is 5.11 Å². The number of rotatable bonds is 5. The fourth-order valence-electron chi connectivity index (χ4n) is 0.930. The number of hydrogen-bond donors (Lipinski definition) is 1. The summed E-state index contributed by atoms with van der Waals surface area (Å²) in [7, 11) is 0. The van der Waals surface area contributed by atoms with Gasteiger partial charge >= 0.3 is 5.97 Å². The zero-order chi connectivity index (χ0) is 10.4. The quantitative estimate of drug-likeness (QED) is 0.669. The third-order valence-electron chi connectivity index (χ3n) is 1.64. The second-order valence-corrected chi connectivity index (χ2v) is 5.17. The van der Waals surface area contributed by atoms with Gasteiger partial charge in [-0.3, -0.25) is 4.79 Å². The minimum Gasteiger partial charge on any atom is -0.481 e. The van der Waals surface area contributed by atoms with Crippen LogP contribution in [0, 0.1) is 3.57 Å². The lowest BCUT2D eigenvalue weighted by molar-refractivity contribution is -0.136. The average molecular weight is 322 g/mol. The van der Waals surface area contributed by atoms with Gasteiger partial charge in [0.05, 0.1) is 6.42 Å². The fraction of sp³-hybridized carbons (Fsp3) is 0.300. The van der Waals surface area contributed by atoms with Crippen molar-refractivity contribution < 1.29 is 9.90 Å². The summed E-state index contributed by atoms with van der Waals surface area (Å²) >= 11 is 3.92. The molecule has 14 heavy (non-hydrogen) atoms. The van der Waals surface area contributed by atoms with Crippen LogP contribution in [-0.2, 0) is 10.5 Å². The molecule has 1 N–H and O–H groups in total. The third kappa shape index (κ3) is 4.85. The highest BCUT2D eigenvalue weighted by Gasteiger charge is 1.97. The van der Waals surface area contributed by atoms with Gasteiger partial charge in [-0.1, -0.05) is 12.1 Å². The second-order valence-electron chi connectivity index (χ2n) is 2.82. The summed E-state index contributed by atoms with van der Waals surface area (Å²) in [4.78, 5) is 10.2. The largest absolute Gasteiger partial charge is 0.481 e. The summed E-state index contributed by atoms with van der Waals surface area (Å²) in [5.41, 5.74) is 1.25. The Morgan fingerprint density at radius 1 is 1.36 bits per heavy atom. The Kier molecular flexibility index (Phi) is 5.32. The van der Waals surface area contributed by atoms with Crippen LogP contribution < -0.4 is 0 Å². The highest BCUT2D eigenvalue weighted by atomic mass is 127. The number of carbonyl (C=O) groups is 1. The molecular formula is C10H11IO2S. The lowest BCUT2D eigenvalue weighted by Crippen LogP contribution is -1.96. The molecule has 0 heterocycles. The van der Waals surface area contributed by atoms with Crippen molar-refractivity contribution in [2.45, 2.75) is 12.2 Å². The number of hydrogen-bond acceptors (Lipinski definition) is 2. The number of aliphatic carboxylic acids is 1. The van der Waals surface area contributed by atoms with Gasteiger partial charge in [0.15, 0.2) is 0 Å². The Bertz CT molecular complexity index is 297. The van der Waals surface area contributed by atoms with E-state index < -0.39 is 5.97 Å². The minimum atomic E-state index is -0.722. The number of halogens is 1. The smallest absolute Gasteiger partial charge is 0.304 e. The lowest BCUT2D eigenvalue weighted by atomic mass is 10.2. The molecular weight excluding hydrogens is 311 g/mol. The molecule has 2 nitrogen and oxygen atoms in total. The molecule has 76 valence electrons. The molecule has 0 spiro atoms. The molecule has 0 aliphatic rings. The molecule has 0 aliphatic heterocycles. The average Bonchev–Trinajstić information content (AvgIpc) is 2.15. The van der Waals surface area contributed by atoms with Crippen molar-refractivity contribution in [3.63, 3.8) is 0 Å². The second kappa shape index (κ2) is 6.29. The summed E-state index contributed by atoms with van der Waals surface area (Å²) in [6.45, 7) is 0. The Balaban J connectivity index is 2.25. The van der Waals surface area contributed by atoms with E-state index in [0.717, 1.165) is 5.75 Å². The molecule has 0 bridgehead atoms. The van der Waals surface area contributed by atoms with Crippen molar-refractivity contribution in [3.8, 4) is 0 Å². The van der Waals surface area contributed by atoms with Gasteiger partial charge in [-0.2, -0.15) is 11.8 Å². The van der Waals surface area contributed by atoms with E-state index >= 15 is 0 Å². The predicted molar refractivity (Wildman–Crippen MR) is 67.6 cm³/mol. The van der Waals surface area contributed by atoms with E-state index in [1.54, 1.807) is 11.8 Å². The molecule has 1 aromatic carbocycles. The molecule has 0 aromatic heterocycles. The first-order valence-corrected chi connectivity index (χ1v) is 6.46. The predicted octanol–water partition coefficient (Wildman–Crippen LogP) is 3.00. The Morgan fingerprint density at radius 3 is 2.57 bits per heavy atom. The maximum absolute atomic E-state index is 10.2. The fourth-order valence-corrected chi connectivity index (χ4v) is 2.18. The Hall–Kier alpha value is -0.230. The highest BCUT2D eigenvalue weighted by molar-refractivity contribution is 14.1. The lowest BCUT2D eigenvalue weighted by Gasteiger charge is -2.00. The monoisotopic (exact) mass is 322 g/mol. The maximum atomic E-state index is 10.2. The van der Waals surface area contributed by atoms with Crippen LogP contribution in [0.5, 0.6) is 0 Å². The first-order chi connectivity index (χ1) is 6.68. The van der Waals surface area contributed by atoms with Crippen LogP contribution in [0.25, 0.3) is 0 Å². The number of carboxylic acids is 1. The van der Waals surface area contributed by atoms with Crippen LogP contribution in [0.15, 0.2) is 24.3 Å². The van der Waals surface area contributed by atoms with Crippen LogP contribution in [0.2, 0.25) is 0 Å². The van der Waals surface area contributed by atoms with Crippen molar-refractivity contribution >= 4 is 40.3 Å². The van der Waals surface area contributed by atoms with Crippen molar-refractivity contribution in [3.05, 3.63) is 33.4 Å². The van der Waals surface area contributed by atoms with Gasteiger partial charge in [0, 0.05) is 15.1 Å². The van der Waals surface area contributed by atoms with Crippen molar-refractivity contribution in [2.24, 2.45) is 0 Å². The molecule has 0 unspecified atom stereocenters. The van der Waals surface area contributed by atoms with Gasteiger partial charge in [0.2, 0.25) is 0 Å². The molecule has 0 saturated carbocycles. The van der Waals surface area contributed by atoms with Crippen LogP contribution in [-0.4, -0.2) is 16.8 Å². The molecule has 0 aliphatic carbocycles. The molecule has 4 heteroatoms. The standard InChI is InChI=1S/C10H11IO2S/c11-9-3-1-8(2-4-9)7-14-6-5-10(12)13/h1-4H,5-7H2,(H,12,13). The summed E-state index contributed by atoms with van der Waals surface area (Å²) in [6.07, 6.45) is 0.245. The van der Waals surface area contributed by atoms with Crippen molar-refractivity contribution in [1.82, 2.24) is 0 Å². The first-order valence-electron chi connectivity index (χ1n) is 4.22. The zero-order valence-corrected chi connectivity index (χ0v) is 10.5. The van der Waals surface area contributed by atoms with Gasteiger partial charge in [0.25, 0.3) is 0 Å². The van der Waals surface area contributed by atoms with E-state index in [0.29, 0.717) is 5.75 Å². The van der Waals surface area contributed by atoms with E-state index in [1.165, 1.54) is 9.13 Å².